The highest BCUT2D eigenvalue weighted by molar-refractivity contribution is 5.21. The van der Waals surface area contributed by atoms with Crippen molar-refractivity contribution >= 4 is 0 Å². The molecular formula is C19H30N2. The van der Waals surface area contributed by atoms with E-state index in [2.05, 4.69) is 49.1 Å². The van der Waals surface area contributed by atoms with E-state index in [9.17, 15) is 0 Å². The van der Waals surface area contributed by atoms with Gasteiger partial charge in [0.1, 0.15) is 0 Å². The molecule has 0 aromatic heterocycles. The minimum atomic E-state index is 0.277. The normalized spacial score (nSPS) is 28.6. The van der Waals surface area contributed by atoms with Crippen molar-refractivity contribution in [2.24, 2.45) is 11.1 Å². The molecule has 0 spiro atoms. The number of likely N-dealkylation sites (tertiary alicyclic amines) is 1. The summed E-state index contributed by atoms with van der Waals surface area (Å²) in [6.07, 6.45) is 6.47. The fourth-order valence-corrected chi connectivity index (χ4v) is 4.23. The van der Waals surface area contributed by atoms with Crippen molar-refractivity contribution in [3.63, 3.8) is 0 Å². The highest BCUT2D eigenvalue weighted by atomic mass is 15.2. The summed E-state index contributed by atoms with van der Waals surface area (Å²) >= 11 is 0. The lowest BCUT2D eigenvalue weighted by Gasteiger charge is -2.48. The summed E-state index contributed by atoms with van der Waals surface area (Å²) in [5.41, 5.74) is 8.54. The molecule has 1 saturated heterocycles. The maximum atomic E-state index is 6.25. The number of nitrogens with zero attached hydrogens (tertiary/aromatic N) is 1. The molecule has 1 aromatic rings. The molecule has 1 atom stereocenters. The second kappa shape index (κ2) is 5.73. The monoisotopic (exact) mass is 286 g/mol. The van der Waals surface area contributed by atoms with Crippen LogP contribution < -0.4 is 5.73 Å². The van der Waals surface area contributed by atoms with E-state index in [0.29, 0.717) is 11.3 Å². The first kappa shape index (κ1) is 15.1. The Morgan fingerprint density at radius 2 is 1.76 bits per heavy atom. The molecule has 2 nitrogen and oxygen atoms in total. The number of benzene rings is 1. The maximum Gasteiger partial charge on any atom is 0.0332 e. The highest BCUT2D eigenvalue weighted by Gasteiger charge is 2.44. The molecular weight excluding hydrogens is 256 g/mol. The average Bonchev–Trinajstić information content (AvgIpc) is 2.99. The quantitative estimate of drug-likeness (QED) is 0.916. The molecule has 116 valence electrons. The fourth-order valence-electron chi connectivity index (χ4n) is 4.23. The minimum Gasteiger partial charge on any atom is -0.329 e. The van der Waals surface area contributed by atoms with Crippen molar-refractivity contribution in [3.05, 3.63) is 35.9 Å². The first-order valence-corrected chi connectivity index (χ1v) is 8.55. The molecule has 2 heteroatoms. The lowest BCUT2D eigenvalue weighted by Crippen LogP contribution is -2.55. The van der Waals surface area contributed by atoms with E-state index < -0.39 is 0 Å². The van der Waals surface area contributed by atoms with Crippen LogP contribution in [0.5, 0.6) is 0 Å². The summed E-state index contributed by atoms with van der Waals surface area (Å²) in [6, 6.07) is 11.0. The Morgan fingerprint density at radius 1 is 1.10 bits per heavy atom. The van der Waals surface area contributed by atoms with Gasteiger partial charge in [-0.15, -0.1) is 0 Å². The van der Waals surface area contributed by atoms with Crippen LogP contribution in [0.3, 0.4) is 0 Å². The number of hydrogen-bond acceptors (Lipinski definition) is 2. The smallest absolute Gasteiger partial charge is 0.0332 e. The molecule has 1 unspecified atom stereocenters. The second-order valence-corrected chi connectivity index (χ2v) is 7.93. The third kappa shape index (κ3) is 3.02. The Morgan fingerprint density at radius 3 is 2.38 bits per heavy atom. The molecule has 2 fully saturated rings. The molecule has 1 aliphatic heterocycles. The van der Waals surface area contributed by atoms with Gasteiger partial charge in [-0.1, -0.05) is 44.2 Å². The topological polar surface area (TPSA) is 29.3 Å². The zero-order chi connectivity index (χ0) is 14.9. The summed E-state index contributed by atoms with van der Waals surface area (Å²) in [6.45, 7) is 8.05. The van der Waals surface area contributed by atoms with Crippen molar-refractivity contribution in [1.82, 2.24) is 4.90 Å². The molecule has 21 heavy (non-hydrogen) atoms. The zero-order valence-corrected chi connectivity index (χ0v) is 13.6. The van der Waals surface area contributed by atoms with Crippen LogP contribution >= 0.6 is 0 Å². The van der Waals surface area contributed by atoms with Crippen molar-refractivity contribution in [3.8, 4) is 0 Å². The number of hydrogen-bond donors (Lipinski definition) is 1. The van der Waals surface area contributed by atoms with Crippen molar-refractivity contribution < 1.29 is 0 Å². The highest BCUT2D eigenvalue weighted by Crippen LogP contribution is 2.45. The molecule has 0 bridgehead atoms. The Hall–Kier alpha value is -0.860. The third-order valence-electron chi connectivity index (χ3n) is 6.04. The summed E-state index contributed by atoms with van der Waals surface area (Å²) < 4.78 is 0. The summed E-state index contributed by atoms with van der Waals surface area (Å²) in [7, 11) is 0. The summed E-state index contributed by atoms with van der Waals surface area (Å²) in [4.78, 5) is 2.72. The predicted molar refractivity (Wildman–Crippen MR) is 89.4 cm³/mol. The van der Waals surface area contributed by atoms with Gasteiger partial charge in [0, 0.05) is 18.6 Å². The Kier molecular flexibility index (Phi) is 4.11. The van der Waals surface area contributed by atoms with Gasteiger partial charge in [-0.05, 0) is 55.5 Å². The Balaban J connectivity index is 1.70. The summed E-state index contributed by atoms with van der Waals surface area (Å²) in [5, 5.41) is 0. The molecule has 3 rings (SSSR count). The lowest BCUT2D eigenvalue weighted by atomic mass is 9.68. The molecule has 0 radical (unpaired) electrons. The molecule has 1 heterocycles. The van der Waals surface area contributed by atoms with E-state index in [1.807, 2.05) is 0 Å². The van der Waals surface area contributed by atoms with E-state index in [1.165, 1.54) is 50.8 Å². The Labute approximate surface area is 129 Å². The zero-order valence-electron chi connectivity index (χ0n) is 13.6. The molecule has 0 amide bonds. The van der Waals surface area contributed by atoms with Crippen LogP contribution in [-0.4, -0.2) is 30.1 Å². The molecule has 1 aromatic carbocycles. The largest absolute Gasteiger partial charge is 0.329 e. The molecule has 1 aliphatic carbocycles. The van der Waals surface area contributed by atoms with Gasteiger partial charge in [0.2, 0.25) is 0 Å². The first-order valence-electron chi connectivity index (χ1n) is 8.55. The van der Waals surface area contributed by atoms with Crippen molar-refractivity contribution in [1.29, 1.82) is 0 Å². The fraction of sp³-hybridized carbons (Fsp3) is 0.684. The van der Waals surface area contributed by atoms with Gasteiger partial charge in [-0.25, -0.2) is 0 Å². The van der Waals surface area contributed by atoms with Gasteiger partial charge in [-0.2, -0.15) is 0 Å². The lowest BCUT2D eigenvalue weighted by molar-refractivity contribution is 0.0391. The number of nitrogens with two attached hydrogens (primary N) is 1. The Bertz CT molecular complexity index is 456. The van der Waals surface area contributed by atoms with E-state index in [-0.39, 0.29) is 5.54 Å². The molecule has 2 aliphatic rings. The van der Waals surface area contributed by atoms with Crippen LogP contribution in [0, 0.1) is 5.41 Å². The van der Waals surface area contributed by atoms with Gasteiger partial charge in [0.15, 0.2) is 0 Å². The van der Waals surface area contributed by atoms with Gasteiger partial charge in [0.25, 0.3) is 0 Å². The van der Waals surface area contributed by atoms with Crippen LogP contribution in [0.15, 0.2) is 30.3 Å². The van der Waals surface area contributed by atoms with Gasteiger partial charge in [0.05, 0.1) is 0 Å². The molecule has 1 saturated carbocycles. The van der Waals surface area contributed by atoms with Gasteiger partial charge in [-0.3, -0.25) is 4.90 Å². The van der Waals surface area contributed by atoms with Crippen LogP contribution in [0.2, 0.25) is 0 Å². The van der Waals surface area contributed by atoms with Gasteiger partial charge >= 0.3 is 0 Å². The van der Waals surface area contributed by atoms with Crippen molar-refractivity contribution in [2.75, 3.05) is 19.6 Å². The minimum absolute atomic E-state index is 0.277. The van der Waals surface area contributed by atoms with Crippen LogP contribution in [0.1, 0.15) is 57.4 Å². The first-order chi connectivity index (χ1) is 10.0. The second-order valence-electron chi connectivity index (χ2n) is 7.93. The number of rotatable bonds is 3. The van der Waals surface area contributed by atoms with Crippen LogP contribution in [-0.2, 0) is 0 Å². The van der Waals surface area contributed by atoms with E-state index in [0.717, 1.165) is 6.54 Å². The maximum absolute atomic E-state index is 6.25. The summed E-state index contributed by atoms with van der Waals surface area (Å²) in [5.74, 6) is 0.699. The third-order valence-corrected chi connectivity index (χ3v) is 6.04. The van der Waals surface area contributed by atoms with E-state index in [4.69, 9.17) is 5.73 Å². The van der Waals surface area contributed by atoms with E-state index in [1.54, 1.807) is 0 Å². The van der Waals surface area contributed by atoms with Crippen molar-refractivity contribution in [2.45, 2.75) is 57.4 Å². The standard InChI is InChI=1S/C19H30N2/c1-18(2)9-11-19(15-20,12-10-18)21-13-8-17(14-21)16-6-4-3-5-7-16/h3-7,17H,8-15,20H2,1-2H3. The van der Waals surface area contributed by atoms with Gasteiger partial charge < -0.3 is 5.73 Å². The average molecular weight is 286 g/mol. The van der Waals surface area contributed by atoms with E-state index >= 15 is 0 Å². The SMILES string of the molecule is CC1(C)CCC(CN)(N2CCC(c3ccccc3)C2)CC1. The molecule has 2 N–H and O–H groups in total. The predicted octanol–water partition coefficient (Wildman–Crippen LogP) is 3.77. The van der Waals surface area contributed by atoms with Crippen LogP contribution in [0.4, 0.5) is 0 Å². The van der Waals surface area contributed by atoms with Crippen LogP contribution in [0.25, 0.3) is 0 Å².